The number of aromatic amines is 1. The first-order valence-electron chi connectivity index (χ1n) is 10.8. The third-order valence-corrected chi connectivity index (χ3v) is 7.23. The van der Waals surface area contributed by atoms with E-state index in [1.807, 2.05) is 32.2 Å². The predicted molar refractivity (Wildman–Crippen MR) is 127 cm³/mol. The van der Waals surface area contributed by atoms with Gasteiger partial charge in [0.25, 0.3) is 0 Å². The second kappa shape index (κ2) is 7.96. The summed E-state index contributed by atoms with van der Waals surface area (Å²) in [7, 11) is -1.49. The number of hydrogen-bond donors (Lipinski definition) is 1. The number of H-pyrrole nitrogens is 1. The number of aromatic nitrogens is 5. The number of nitrogens with one attached hydrogen (secondary N) is 1. The molecule has 0 bridgehead atoms. The molecule has 9 nitrogen and oxygen atoms in total. The second-order valence-corrected chi connectivity index (χ2v) is 10.5. The van der Waals surface area contributed by atoms with Crippen molar-refractivity contribution in [2.75, 3.05) is 30.9 Å². The zero-order chi connectivity index (χ0) is 23.3. The fraction of sp³-hybridized carbons (Fsp3) is 0.348. The molecule has 0 radical (unpaired) electrons. The van der Waals surface area contributed by atoms with Crippen molar-refractivity contribution < 1.29 is 13.2 Å². The molecular formula is C23H26N6O3S. The number of morpholine rings is 1. The standard InChI is InChI=1S/C23H26N6O3S/c1-14-5-6-16(33(4,30)31)11-17(14)18-12-20(29-9-10-32-13-15(29)2)25-22-21(19-7-8-24-26-19)27-28(3)23(18)22/h5-8,11-12,15H,9-10,13H2,1-4H3,(H,24,26)/t15-/m1/s1. The van der Waals surface area contributed by atoms with Crippen LogP contribution in [0.3, 0.4) is 0 Å². The molecule has 0 aliphatic carbocycles. The molecule has 0 amide bonds. The van der Waals surface area contributed by atoms with Crippen LogP contribution >= 0.6 is 0 Å². The van der Waals surface area contributed by atoms with Gasteiger partial charge in [-0.05, 0) is 49.2 Å². The summed E-state index contributed by atoms with van der Waals surface area (Å²) in [5, 5.41) is 11.8. The summed E-state index contributed by atoms with van der Waals surface area (Å²) in [6, 6.07) is 9.30. The Kier molecular flexibility index (Phi) is 5.21. The van der Waals surface area contributed by atoms with Crippen molar-refractivity contribution >= 4 is 26.7 Å². The summed E-state index contributed by atoms with van der Waals surface area (Å²) >= 11 is 0. The summed E-state index contributed by atoms with van der Waals surface area (Å²) in [5.41, 5.74) is 5.73. The van der Waals surface area contributed by atoms with E-state index in [-0.39, 0.29) is 10.9 Å². The first-order chi connectivity index (χ1) is 15.7. The lowest BCUT2D eigenvalue weighted by Crippen LogP contribution is -2.44. The van der Waals surface area contributed by atoms with Crippen molar-refractivity contribution in [1.82, 2.24) is 25.0 Å². The highest BCUT2D eigenvalue weighted by Gasteiger charge is 2.25. The lowest BCUT2D eigenvalue weighted by Gasteiger charge is -2.34. The van der Waals surface area contributed by atoms with Gasteiger partial charge in [-0.1, -0.05) is 6.07 Å². The van der Waals surface area contributed by atoms with Crippen LogP contribution in [0.25, 0.3) is 33.5 Å². The maximum Gasteiger partial charge on any atom is 0.175 e. The molecule has 1 fully saturated rings. The van der Waals surface area contributed by atoms with E-state index in [9.17, 15) is 8.42 Å². The Bertz CT molecular complexity index is 1440. The number of fused-ring (bicyclic) bond motifs is 1. The molecule has 0 spiro atoms. The number of hydrogen-bond acceptors (Lipinski definition) is 7. The number of sulfone groups is 1. The fourth-order valence-corrected chi connectivity index (χ4v) is 5.02. The van der Waals surface area contributed by atoms with Crippen LogP contribution in [0.2, 0.25) is 0 Å². The molecule has 1 aliphatic heterocycles. The van der Waals surface area contributed by atoms with Crippen molar-refractivity contribution in [2.45, 2.75) is 24.8 Å². The van der Waals surface area contributed by atoms with Crippen molar-refractivity contribution in [2.24, 2.45) is 7.05 Å². The molecule has 1 aromatic carbocycles. The highest BCUT2D eigenvalue weighted by Crippen LogP contribution is 2.38. The normalized spacial score (nSPS) is 17.1. The zero-order valence-electron chi connectivity index (χ0n) is 19.0. The van der Waals surface area contributed by atoms with Crippen molar-refractivity contribution in [3.8, 4) is 22.5 Å². The van der Waals surface area contributed by atoms with E-state index in [4.69, 9.17) is 14.8 Å². The molecule has 4 heterocycles. The number of pyridine rings is 1. The Labute approximate surface area is 192 Å². The largest absolute Gasteiger partial charge is 0.377 e. The van der Waals surface area contributed by atoms with Crippen LogP contribution in [0.1, 0.15) is 12.5 Å². The molecule has 1 N–H and O–H groups in total. The number of ether oxygens (including phenoxy) is 1. The van der Waals surface area contributed by atoms with Gasteiger partial charge in [-0.25, -0.2) is 13.4 Å². The Balaban J connectivity index is 1.83. The average Bonchev–Trinajstić information content (AvgIpc) is 3.41. The van der Waals surface area contributed by atoms with E-state index < -0.39 is 9.84 Å². The lowest BCUT2D eigenvalue weighted by atomic mass is 9.99. The minimum Gasteiger partial charge on any atom is -0.377 e. The van der Waals surface area contributed by atoms with Crippen molar-refractivity contribution in [1.29, 1.82) is 0 Å². The summed E-state index contributed by atoms with van der Waals surface area (Å²) in [6.07, 6.45) is 2.91. The quantitative estimate of drug-likeness (QED) is 0.493. The Morgan fingerprint density at radius 2 is 2.00 bits per heavy atom. The van der Waals surface area contributed by atoms with Crippen LogP contribution in [0.15, 0.2) is 41.4 Å². The number of anilines is 1. The second-order valence-electron chi connectivity index (χ2n) is 8.53. The lowest BCUT2D eigenvalue weighted by molar-refractivity contribution is 0.0986. The third kappa shape index (κ3) is 3.79. The Morgan fingerprint density at radius 1 is 1.18 bits per heavy atom. The SMILES string of the molecule is Cc1ccc(S(C)(=O)=O)cc1-c1cc(N2CCOC[C@H]2C)nc2c(-c3ccn[nH]3)nn(C)c12. The average molecular weight is 467 g/mol. The molecular weight excluding hydrogens is 440 g/mol. The van der Waals surface area contributed by atoms with Crippen LogP contribution in [0.5, 0.6) is 0 Å². The van der Waals surface area contributed by atoms with Crippen molar-refractivity contribution in [3.05, 3.63) is 42.1 Å². The number of rotatable bonds is 4. The molecule has 1 atom stereocenters. The van der Waals surface area contributed by atoms with Gasteiger partial charge in [-0.15, -0.1) is 0 Å². The number of aryl methyl sites for hydroxylation is 2. The minimum absolute atomic E-state index is 0.160. The molecule has 4 aromatic rings. The van der Waals surface area contributed by atoms with Crippen LogP contribution in [-0.4, -0.2) is 65.4 Å². The monoisotopic (exact) mass is 466 g/mol. The topological polar surface area (TPSA) is 106 Å². The summed E-state index contributed by atoms with van der Waals surface area (Å²) in [6.45, 7) is 6.07. The minimum atomic E-state index is -3.36. The molecule has 0 saturated carbocycles. The number of benzene rings is 1. The number of nitrogens with zero attached hydrogens (tertiary/aromatic N) is 5. The van der Waals surface area contributed by atoms with E-state index in [1.54, 1.807) is 23.0 Å². The summed E-state index contributed by atoms with van der Waals surface area (Å²) < 4.78 is 32.1. The van der Waals surface area contributed by atoms with E-state index >= 15 is 0 Å². The molecule has 3 aromatic heterocycles. The van der Waals surface area contributed by atoms with Gasteiger partial charge in [0.2, 0.25) is 0 Å². The summed E-state index contributed by atoms with van der Waals surface area (Å²) in [5.74, 6) is 0.811. The predicted octanol–water partition coefficient (Wildman–Crippen LogP) is 2.96. The molecule has 1 aliphatic rings. The van der Waals surface area contributed by atoms with Crippen LogP contribution in [0, 0.1) is 6.92 Å². The first kappa shape index (κ1) is 21.6. The third-order valence-electron chi connectivity index (χ3n) is 6.12. The highest BCUT2D eigenvalue weighted by molar-refractivity contribution is 7.90. The Morgan fingerprint density at radius 3 is 2.70 bits per heavy atom. The van der Waals surface area contributed by atoms with Crippen LogP contribution in [0.4, 0.5) is 5.82 Å². The fourth-order valence-electron chi connectivity index (χ4n) is 4.38. The van der Waals surface area contributed by atoms with E-state index in [2.05, 4.69) is 22.0 Å². The van der Waals surface area contributed by atoms with Crippen LogP contribution < -0.4 is 4.90 Å². The van der Waals surface area contributed by atoms with E-state index in [1.165, 1.54) is 6.26 Å². The van der Waals surface area contributed by atoms with E-state index in [0.717, 1.165) is 45.8 Å². The maximum atomic E-state index is 12.3. The van der Waals surface area contributed by atoms with E-state index in [0.29, 0.717) is 18.9 Å². The Hall–Kier alpha value is -3.24. The summed E-state index contributed by atoms with van der Waals surface area (Å²) in [4.78, 5) is 7.54. The van der Waals surface area contributed by atoms with Gasteiger partial charge in [0.15, 0.2) is 9.84 Å². The van der Waals surface area contributed by atoms with Gasteiger partial charge in [-0.3, -0.25) is 9.78 Å². The maximum absolute atomic E-state index is 12.3. The van der Waals surface area contributed by atoms with Gasteiger partial charge in [0.05, 0.1) is 35.4 Å². The molecule has 1 saturated heterocycles. The van der Waals surface area contributed by atoms with Gasteiger partial charge >= 0.3 is 0 Å². The molecule has 172 valence electrons. The van der Waals surface area contributed by atoms with Gasteiger partial charge < -0.3 is 9.64 Å². The smallest absolute Gasteiger partial charge is 0.175 e. The molecule has 5 rings (SSSR count). The van der Waals surface area contributed by atoms with Gasteiger partial charge in [0.1, 0.15) is 17.0 Å². The first-order valence-corrected chi connectivity index (χ1v) is 12.7. The van der Waals surface area contributed by atoms with Gasteiger partial charge in [-0.2, -0.15) is 10.2 Å². The molecule has 33 heavy (non-hydrogen) atoms. The highest BCUT2D eigenvalue weighted by atomic mass is 32.2. The molecule has 0 unspecified atom stereocenters. The zero-order valence-corrected chi connectivity index (χ0v) is 19.8. The van der Waals surface area contributed by atoms with Gasteiger partial charge in [0, 0.05) is 31.6 Å². The van der Waals surface area contributed by atoms with Crippen molar-refractivity contribution in [3.63, 3.8) is 0 Å². The van der Waals surface area contributed by atoms with Crippen LogP contribution in [-0.2, 0) is 21.6 Å². The molecule has 10 heteroatoms.